The van der Waals surface area contributed by atoms with E-state index in [9.17, 15) is 4.79 Å². The van der Waals surface area contributed by atoms with E-state index in [0.717, 1.165) is 43.4 Å². The molecule has 0 unspecified atom stereocenters. The van der Waals surface area contributed by atoms with E-state index >= 15 is 0 Å². The number of carbonyl (C=O) groups excluding carboxylic acids is 1. The Morgan fingerprint density at radius 3 is 2.55 bits per heavy atom. The van der Waals surface area contributed by atoms with Crippen molar-refractivity contribution in [2.45, 2.75) is 13.5 Å². The van der Waals surface area contributed by atoms with Crippen molar-refractivity contribution in [1.29, 1.82) is 0 Å². The van der Waals surface area contributed by atoms with Crippen LogP contribution >= 0.6 is 0 Å². The minimum absolute atomic E-state index is 0.132. The lowest BCUT2D eigenvalue weighted by Crippen LogP contribution is -2.45. The van der Waals surface area contributed by atoms with E-state index in [1.165, 1.54) is 5.56 Å². The van der Waals surface area contributed by atoms with Gasteiger partial charge < -0.3 is 29.3 Å². The van der Waals surface area contributed by atoms with Crippen LogP contribution in [0.25, 0.3) is 11.3 Å². The van der Waals surface area contributed by atoms with E-state index in [4.69, 9.17) is 14.2 Å². The van der Waals surface area contributed by atoms with Gasteiger partial charge in [0.15, 0.2) is 17.3 Å². The Morgan fingerprint density at radius 1 is 1.06 bits per heavy atom. The van der Waals surface area contributed by atoms with Gasteiger partial charge in [0.2, 0.25) is 5.95 Å². The number of carbonyl (C=O) groups is 1. The number of rotatable bonds is 4. The first kappa shape index (κ1) is 21.5. The van der Waals surface area contributed by atoms with Gasteiger partial charge in [-0.3, -0.25) is 9.36 Å². The van der Waals surface area contributed by atoms with Crippen LogP contribution in [0.3, 0.4) is 0 Å². The van der Waals surface area contributed by atoms with Crippen LogP contribution in [0.1, 0.15) is 21.7 Å². The molecule has 33 heavy (non-hydrogen) atoms. The zero-order valence-electron chi connectivity index (χ0n) is 19.2. The maximum atomic E-state index is 13.4. The number of imidazole rings is 1. The molecule has 0 saturated carbocycles. The highest BCUT2D eigenvalue weighted by molar-refractivity contribution is 5.98. The highest BCUT2D eigenvalue weighted by Gasteiger charge is 2.32. The highest BCUT2D eigenvalue weighted by Crippen LogP contribution is 2.30. The van der Waals surface area contributed by atoms with Crippen molar-refractivity contribution >= 4 is 17.7 Å². The molecule has 0 spiro atoms. The van der Waals surface area contributed by atoms with Crippen molar-refractivity contribution in [3.8, 4) is 11.3 Å². The van der Waals surface area contributed by atoms with Crippen LogP contribution in [0, 0.1) is 6.92 Å². The van der Waals surface area contributed by atoms with Crippen LogP contribution in [-0.2, 0) is 11.3 Å². The summed E-state index contributed by atoms with van der Waals surface area (Å²) in [7, 11) is 3.63. The summed E-state index contributed by atoms with van der Waals surface area (Å²) in [6.07, 6.45) is 0. The monoisotopic (exact) mass is 451 g/mol. The molecule has 0 radical (unpaired) electrons. The summed E-state index contributed by atoms with van der Waals surface area (Å²) in [6.45, 7) is 6.36. The third kappa shape index (κ3) is 4.19. The molecule has 3 aromatic rings. The van der Waals surface area contributed by atoms with E-state index in [2.05, 4.69) is 22.3 Å². The van der Waals surface area contributed by atoms with Gasteiger partial charge in [-0.2, -0.15) is 4.98 Å². The molecule has 5 rings (SSSR count). The van der Waals surface area contributed by atoms with E-state index in [0.29, 0.717) is 30.5 Å². The van der Waals surface area contributed by atoms with Crippen LogP contribution < -0.4 is 15.1 Å². The molecular weight excluding hydrogens is 422 g/mol. The fraction of sp³-hybridized carbons (Fsp3) is 0.435. The van der Waals surface area contributed by atoms with E-state index in [1.807, 2.05) is 46.8 Å². The largest absolute Gasteiger partial charge is 0.356 e. The van der Waals surface area contributed by atoms with Crippen molar-refractivity contribution < 1.29 is 14.1 Å². The molecule has 174 valence electrons. The number of aryl methyl sites for hydroxylation is 1. The summed E-state index contributed by atoms with van der Waals surface area (Å²) in [5.74, 6) is 1.94. The number of ether oxygens (including phenoxy) is 1. The molecule has 2 aromatic heterocycles. The van der Waals surface area contributed by atoms with Gasteiger partial charge in [0.05, 0.1) is 6.54 Å². The number of benzene rings is 1. The predicted octanol–water partition coefficient (Wildman–Crippen LogP) is 1.76. The Balaban J connectivity index is 1.56. The van der Waals surface area contributed by atoms with E-state index < -0.39 is 0 Å². The lowest BCUT2D eigenvalue weighted by Gasteiger charge is -2.29. The maximum Gasteiger partial charge on any atom is 0.276 e. The Labute approximate surface area is 192 Å². The van der Waals surface area contributed by atoms with Crippen LogP contribution in [-0.4, -0.2) is 79.3 Å². The van der Waals surface area contributed by atoms with E-state index in [-0.39, 0.29) is 12.6 Å². The van der Waals surface area contributed by atoms with Gasteiger partial charge in [-0.05, 0) is 6.92 Å². The van der Waals surface area contributed by atoms with Gasteiger partial charge in [-0.1, -0.05) is 35.0 Å². The second kappa shape index (κ2) is 8.87. The van der Waals surface area contributed by atoms with Crippen LogP contribution in [0.15, 0.2) is 34.9 Å². The molecule has 4 heterocycles. The highest BCUT2D eigenvalue weighted by atomic mass is 16.5. The van der Waals surface area contributed by atoms with Crippen molar-refractivity contribution in [2.24, 2.45) is 0 Å². The fourth-order valence-corrected chi connectivity index (χ4v) is 4.18. The Morgan fingerprint density at radius 2 is 1.79 bits per heavy atom. The standard InChI is InChI=1S/C23H29N7O3/c1-16-4-6-17(7-5-16)19-12-18(26-33-19)13-30-20-21(25-23(30)29-10-8-24-9-11-29)27(2)14-32-15-28(3)22(20)31/h4-7,12,24H,8-11,13-15H2,1-3H3. The summed E-state index contributed by atoms with van der Waals surface area (Å²) >= 11 is 0. The average Bonchev–Trinajstić information content (AvgIpc) is 3.44. The third-order valence-electron chi connectivity index (χ3n) is 6.02. The van der Waals surface area contributed by atoms with Gasteiger partial charge in [-0.15, -0.1) is 0 Å². The molecule has 1 saturated heterocycles. The first-order valence-corrected chi connectivity index (χ1v) is 11.1. The first-order chi connectivity index (χ1) is 16.0. The quantitative estimate of drug-likeness (QED) is 0.642. The second-order valence-corrected chi connectivity index (χ2v) is 8.62. The van der Waals surface area contributed by atoms with Gasteiger partial charge in [0.1, 0.15) is 19.2 Å². The minimum atomic E-state index is -0.132. The molecule has 0 bridgehead atoms. The molecule has 10 heteroatoms. The topological polar surface area (TPSA) is 91.9 Å². The Bertz CT molecular complexity index is 1130. The number of nitrogens with zero attached hydrogens (tertiary/aromatic N) is 6. The average molecular weight is 452 g/mol. The molecule has 0 aliphatic carbocycles. The molecule has 10 nitrogen and oxygen atoms in total. The zero-order valence-corrected chi connectivity index (χ0v) is 19.2. The third-order valence-corrected chi connectivity index (χ3v) is 6.02. The summed E-state index contributed by atoms with van der Waals surface area (Å²) in [4.78, 5) is 24.0. The number of hydrogen-bond acceptors (Lipinski definition) is 8. The molecule has 1 amide bonds. The van der Waals surface area contributed by atoms with Crippen LogP contribution in [0.4, 0.5) is 11.8 Å². The van der Waals surface area contributed by atoms with Crippen LogP contribution in [0.2, 0.25) is 0 Å². The van der Waals surface area contributed by atoms with Gasteiger partial charge in [-0.25, -0.2) is 0 Å². The van der Waals surface area contributed by atoms with Crippen molar-refractivity contribution in [2.75, 3.05) is 63.5 Å². The van der Waals surface area contributed by atoms with Crippen molar-refractivity contribution in [1.82, 2.24) is 24.9 Å². The number of anilines is 2. The fourth-order valence-electron chi connectivity index (χ4n) is 4.18. The Kier molecular flexibility index (Phi) is 5.77. The van der Waals surface area contributed by atoms with Gasteiger partial charge in [0.25, 0.3) is 5.91 Å². The molecule has 1 fully saturated rings. The molecule has 0 atom stereocenters. The number of hydrogen-bond donors (Lipinski definition) is 1. The lowest BCUT2D eigenvalue weighted by molar-refractivity contribution is 0.0312. The number of nitrogens with one attached hydrogen (secondary N) is 1. The summed E-state index contributed by atoms with van der Waals surface area (Å²) < 4.78 is 13.3. The van der Waals surface area contributed by atoms with E-state index in [1.54, 1.807) is 11.9 Å². The predicted molar refractivity (Wildman–Crippen MR) is 124 cm³/mol. The SMILES string of the molecule is Cc1ccc(-c2cc(Cn3c(N4CCNCC4)nc4c3C(=O)N(C)COCN4C)no2)cc1. The Hall–Kier alpha value is -3.37. The molecule has 1 aromatic carbocycles. The van der Waals surface area contributed by atoms with Crippen LogP contribution in [0.5, 0.6) is 0 Å². The van der Waals surface area contributed by atoms with Gasteiger partial charge in [0, 0.05) is 51.9 Å². The number of amides is 1. The number of piperazine rings is 1. The normalized spacial score (nSPS) is 17.2. The van der Waals surface area contributed by atoms with Crippen molar-refractivity contribution in [3.63, 3.8) is 0 Å². The second-order valence-electron chi connectivity index (χ2n) is 8.62. The molecule has 2 aliphatic heterocycles. The lowest BCUT2D eigenvalue weighted by atomic mass is 10.1. The maximum absolute atomic E-state index is 13.4. The molecule has 1 N–H and O–H groups in total. The minimum Gasteiger partial charge on any atom is -0.356 e. The summed E-state index contributed by atoms with van der Waals surface area (Å²) in [5.41, 5.74) is 3.43. The number of fused-ring (bicyclic) bond motifs is 1. The number of aromatic nitrogens is 3. The van der Waals surface area contributed by atoms with Gasteiger partial charge >= 0.3 is 0 Å². The summed E-state index contributed by atoms with van der Waals surface area (Å²) in [5, 5.41) is 7.69. The molecular formula is C23H29N7O3. The van der Waals surface area contributed by atoms with Crippen molar-refractivity contribution in [3.05, 3.63) is 47.3 Å². The smallest absolute Gasteiger partial charge is 0.276 e. The first-order valence-electron chi connectivity index (χ1n) is 11.1. The summed E-state index contributed by atoms with van der Waals surface area (Å²) in [6, 6.07) is 10.1. The molecule has 2 aliphatic rings. The zero-order chi connectivity index (χ0) is 22.9.